The molecule has 2 aromatic rings. The van der Waals surface area contributed by atoms with E-state index in [2.05, 4.69) is 0 Å². The van der Waals surface area contributed by atoms with Crippen LogP contribution in [0.1, 0.15) is 10.4 Å². The van der Waals surface area contributed by atoms with Gasteiger partial charge in [-0.1, -0.05) is 6.07 Å². The van der Waals surface area contributed by atoms with Crippen LogP contribution in [0.15, 0.2) is 36.4 Å². The van der Waals surface area contributed by atoms with Gasteiger partial charge in [0.05, 0.1) is 4.92 Å². The number of nitro benzene ring substituents is 1. The first-order valence-corrected chi connectivity index (χ1v) is 4.84. The lowest BCUT2D eigenvalue weighted by atomic mass is 10.1. The number of halogens is 1. The molecule has 0 radical (unpaired) electrons. The maximum absolute atomic E-state index is 10.9. The Hall–Kier alpha value is -1.94. The SMILES string of the molecule is O=C(Cl)c1ccc2ccc([N+](=O)[O-])cc2c1. The van der Waals surface area contributed by atoms with Crippen molar-refractivity contribution in [2.24, 2.45) is 0 Å². The third-order valence-corrected chi connectivity index (χ3v) is 2.48. The fraction of sp³-hybridized carbons (Fsp3) is 0. The topological polar surface area (TPSA) is 60.2 Å². The summed E-state index contributed by atoms with van der Waals surface area (Å²) in [6, 6.07) is 9.30. The van der Waals surface area contributed by atoms with E-state index >= 15 is 0 Å². The monoisotopic (exact) mass is 235 g/mol. The minimum atomic E-state index is -0.576. The van der Waals surface area contributed by atoms with Crippen molar-refractivity contribution in [2.75, 3.05) is 0 Å². The van der Waals surface area contributed by atoms with Gasteiger partial charge in [-0.2, -0.15) is 0 Å². The molecule has 0 aliphatic carbocycles. The zero-order valence-electron chi connectivity index (χ0n) is 8.01. The quantitative estimate of drug-likeness (QED) is 0.456. The summed E-state index contributed by atoms with van der Waals surface area (Å²) < 4.78 is 0. The Bertz CT molecular complexity index is 546. The molecule has 0 atom stereocenters. The molecular weight excluding hydrogens is 230 g/mol. The van der Waals surface area contributed by atoms with E-state index in [4.69, 9.17) is 11.6 Å². The molecule has 0 N–H and O–H groups in total. The van der Waals surface area contributed by atoms with Crippen molar-refractivity contribution >= 4 is 33.3 Å². The highest BCUT2D eigenvalue weighted by atomic mass is 35.5. The Morgan fingerprint density at radius 1 is 1.12 bits per heavy atom. The largest absolute Gasteiger partial charge is 0.276 e. The van der Waals surface area contributed by atoms with Crippen molar-refractivity contribution in [1.29, 1.82) is 0 Å². The van der Waals surface area contributed by atoms with E-state index in [0.29, 0.717) is 10.9 Å². The number of nitrogens with zero attached hydrogens (tertiary/aromatic N) is 1. The maximum Gasteiger partial charge on any atom is 0.270 e. The molecule has 5 heteroatoms. The van der Waals surface area contributed by atoms with Crippen LogP contribution in [-0.4, -0.2) is 10.2 Å². The molecule has 0 unspecified atom stereocenters. The fourth-order valence-corrected chi connectivity index (χ4v) is 1.59. The Balaban J connectivity index is 2.65. The molecule has 0 saturated heterocycles. The number of carbonyl (C=O) groups is 1. The van der Waals surface area contributed by atoms with Crippen LogP contribution in [0.4, 0.5) is 5.69 Å². The van der Waals surface area contributed by atoms with E-state index in [-0.39, 0.29) is 5.69 Å². The summed E-state index contributed by atoms with van der Waals surface area (Å²) in [5, 5.41) is 11.5. The highest BCUT2D eigenvalue weighted by Gasteiger charge is 2.08. The van der Waals surface area contributed by atoms with Crippen LogP contribution >= 0.6 is 11.6 Å². The van der Waals surface area contributed by atoms with E-state index in [9.17, 15) is 14.9 Å². The predicted molar refractivity (Wildman–Crippen MR) is 60.8 cm³/mol. The Kier molecular flexibility index (Phi) is 2.58. The van der Waals surface area contributed by atoms with Crippen molar-refractivity contribution in [1.82, 2.24) is 0 Å². The number of fused-ring (bicyclic) bond motifs is 1. The minimum absolute atomic E-state index is 0.00771. The first kappa shape index (κ1) is 10.6. The minimum Gasteiger partial charge on any atom is -0.276 e. The van der Waals surface area contributed by atoms with Crippen molar-refractivity contribution in [2.45, 2.75) is 0 Å². The number of benzene rings is 2. The van der Waals surface area contributed by atoms with Crippen LogP contribution in [0, 0.1) is 10.1 Å². The normalized spacial score (nSPS) is 10.3. The fourth-order valence-electron chi connectivity index (χ4n) is 1.47. The molecule has 0 spiro atoms. The van der Waals surface area contributed by atoms with Crippen molar-refractivity contribution in [3.63, 3.8) is 0 Å². The molecule has 0 fully saturated rings. The van der Waals surface area contributed by atoms with E-state index < -0.39 is 10.2 Å². The molecule has 0 amide bonds. The number of nitro groups is 1. The van der Waals surface area contributed by atoms with Gasteiger partial charge in [-0.3, -0.25) is 14.9 Å². The Labute approximate surface area is 95.6 Å². The Morgan fingerprint density at radius 3 is 2.44 bits per heavy atom. The second kappa shape index (κ2) is 3.90. The number of hydrogen-bond acceptors (Lipinski definition) is 3. The Morgan fingerprint density at radius 2 is 1.81 bits per heavy atom. The second-order valence-corrected chi connectivity index (χ2v) is 3.62. The molecule has 4 nitrogen and oxygen atoms in total. The molecule has 0 aliphatic rings. The van der Waals surface area contributed by atoms with Crippen molar-refractivity contribution in [3.8, 4) is 0 Å². The van der Waals surface area contributed by atoms with E-state index in [1.54, 1.807) is 18.2 Å². The first-order valence-electron chi connectivity index (χ1n) is 4.46. The summed E-state index contributed by atoms with van der Waals surface area (Å²) in [7, 11) is 0. The molecule has 2 rings (SSSR count). The van der Waals surface area contributed by atoms with Crippen LogP contribution in [0.3, 0.4) is 0 Å². The highest BCUT2D eigenvalue weighted by molar-refractivity contribution is 6.67. The smallest absolute Gasteiger partial charge is 0.270 e. The maximum atomic E-state index is 10.9. The molecule has 0 heterocycles. The summed E-state index contributed by atoms with van der Waals surface area (Å²) in [4.78, 5) is 21.0. The van der Waals surface area contributed by atoms with Gasteiger partial charge in [-0.25, -0.2) is 0 Å². The summed E-state index contributed by atoms with van der Waals surface area (Å²) in [6.45, 7) is 0. The zero-order chi connectivity index (χ0) is 11.7. The van der Waals surface area contributed by atoms with Crippen molar-refractivity contribution < 1.29 is 9.72 Å². The lowest BCUT2D eigenvalue weighted by molar-refractivity contribution is -0.384. The van der Waals surface area contributed by atoms with Gasteiger partial charge in [-0.15, -0.1) is 0 Å². The number of hydrogen-bond donors (Lipinski definition) is 0. The molecule has 0 bridgehead atoms. The molecule has 2 aromatic carbocycles. The number of carbonyl (C=O) groups excluding carboxylic acids is 1. The second-order valence-electron chi connectivity index (χ2n) is 3.28. The summed E-state index contributed by atoms with van der Waals surface area (Å²) in [5.74, 6) is 0. The van der Waals surface area contributed by atoms with Crippen LogP contribution in [0.25, 0.3) is 10.8 Å². The summed E-state index contributed by atoms with van der Waals surface area (Å²) in [5.41, 5.74) is 0.321. The van der Waals surface area contributed by atoms with Crippen LogP contribution in [0.2, 0.25) is 0 Å². The van der Waals surface area contributed by atoms with Gasteiger partial charge < -0.3 is 0 Å². The van der Waals surface area contributed by atoms with Crippen LogP contribution in [0.5, 0.6) is 0 Å². The zero-order valence-corrected chi connectivity index (χ0v) is 8.77. The van der Waals surface area contributed by atoms with Gasteiger partial charge in [0.25, 0.3) is 10.9 Å². The predicted octanol–water partition coefficient (Wildman–Crippen LogP) is 3.13. The molecule has 0 aromatic heterocycles. The first-order chi connectivity index (χ1) is 7.58. The third kappa shape index (κ3) is 1.87. The lowest BCUT2D eigenvalue weighted by Gasteiger charge is -1.99. The standard InChI is InChI=1S/C11H6ClNO3/c12-11(14)8-2-1-7-3-4-10(13(15)16)6-9(7)5-8/h1-6H. The molecule has 16 heavy (non-hydrogen) atoms. The van der Waals surface area contributed by atoms with Crippen LogP contribution < -0.4 is 0 Å². The van der Waals surface area contributed by atoms with Gasteiger partial charge in [0.2, 0.25) is 0 Å². The van der Waals surface area contributed by atoms with E-state index in [1.165, 1.54) is 18.2 Å². The lowest BCUT2D eigenvalue weighted by Crippen LogP contribution is -1.90. The average Bonchev–Trinajstić information content (AvgIpc) is 2.27. The number of non-ortho nitro benzene ring substituents is 1. The number of rotatable bonds is 2. The molecule has 0 aliphatic heterocycles. The average molecular weight is 236 g/mol. The van der Waals surface area contributed by atoms with Crippen LogP contribution in [-0.2, 0) is 0 Å². The summed E-state index contributed by atoms with van der Waals surface area (Å²) >= 11 is 5.33. The van der Waals surface area contributed by atoms with Gasteiger partial charge in [-0.05, 0) is 40.6 Å². The van der Waals surface area contributed by atoms with Gasteiger partial charge in [0, 0.05) is 17.7 Å². The van der Waals surface area contributed by atoms with E-state index in [0.717, 1.165) is 5.39 Å². The summed E-state index contributed by atoms with van der Waals surface area (Å²) in [6.07, 6.45) is 0. The highest BCUT2D eigenvalue weighted by Crippen LogP contribution is 2.22. The van der Waals surface area contributed by atoms with Gasteiger partial charge in [0.1, 0.15) is 0 Å². The van der Waals surface area contributed by atoms with Crippen molar-refractivity contribution in [3.05, 3.63) is 52.1 Å². The third-order valence-electron chi connectivity index (χ3n) is 2.26. The molecular formula is C11H6ClNO3. The molecule has 0 saturated carbocycles. The molecule has 80 valence electrons. The van der Waals surface area contributed by atoms with Gasteiger partial charge >= 0.3 is 0 Å². The van der Waals surface area contributed by atoms with Gasteiger partial charge in [0.15, 0.2) is 0 Å². The van der Waals surface area contributed by atoms with E-state index in [1.807, 2.05) is 0 Å².